The van der Waals surface area contributed by atoms with Crippen LogP contribution in [0.3, 0.4) is 0 Å². The Labute approximate surface area is 170 Å². The molecule has 0 spiro atoms. The van der Waals surface area contributed by atoms with Gasteiger partial charge in [0.2, 0.25) is 5.91 Å². The van der Waals surface area contributed by atoms with Crippen LogP contribution in [0.5, 0.6) is 0 Å². The van der Waals surface area contributed by atoms with E-state index < -0.39 is 10.0 Å². The second-order valence-corrected chi connectivity index (χ2v) is 9.17. The first-order valence-corrected chi connectivity index (χ1v) is 11.0. The first-order chi connectivity index (χ1) is 14.0. The van der Waals surface area contributed by atoms with Crippen molar-refractivity contribution in [1.82, 2.24) is 0 Å². The van der Waals surface area contributed by atoms with Crippen LogP contribution >= 0.6 is 0 Å². The molecule has 146 valence electrons. The molecule has 2 aliphatic rings. The standard InChI is InChI=1S/C23H20N2O3S/c1-16(26)24(17-9-3-2-4-10-17)21-15-22-19-12-6-8-14-23(19)29(27,28)25(22)20-13-7-5-11-18(20)21/h2-14,21-22H,15H2,1H3. The summed E-state index contributed by atoms with van der Waals surface area (Å²) in [5.74, 6) is -0.0707. The number of fused-ring (bicyclic) bond motifs is 5. The average Bonchev–Trinajstić information content (AvgIpc) is 2.96. The van der Waals surface area contributed by atoms with E-state index in [1.807, 2.05) is 66.7 Å². The van der Waals surface area contributed by atoms with Crippen molar-refractivity contribution in [2.24, 2.45) is 0 Å². The van der Waals surface area contributed by atoms with Gasteiger partial charge in [-0.25, -0.2) is 8.42 Å². The Bertz CT molecular complexity index is 1210. The summed E-state index contributed by atoms with van der Waals surface area (Å²) in [6.07, 6.45) is 0.502. The van der Waals surface area contributed by atoms with E-state index >= 15 is 0 Å². The molecule has 0 bridgehead atoms. The van der Waals surface area contributed by atoms with Gasteiger partial charge in [0.15, 0.2) is 0 Å². The predicted octanol–water partition coefficient (Wildman–Crippen LogP) is 4.43. The van der Waals surface area contributed by atoms with Crippen LogP contribution in [-0.4, -0.2) is 14.3 Å². The Hall–Kier alpha value is -3.12. The van der Waals surface area contributed by atoms with Crippen molar-refractivity contribution in [2.45, 2.75) is 30.3 Å². The number of nitrogens with zero attached hydrogens (tertiary/aromatic N) is 2. The van der Waals surface area contributed by atoms with Crippen molar-refractivity contribution in [1.29, 1.82) is 0 Å². The number of para-hydroxylation sites is 2. The smallest absolute Gasteiger partial charge is 0.265 e. The van der Waals surface area contributed by atoms with Gasteiger partial charge in [-0.3, -0.25) is 9.10 Å². The molecular formula is C23H20N2O3S. The van der Waals surface area contributed by atoms with Crippen molar-refractivity contribution >= 4 is 27.3 Å². The van der Waals surface area contributed by atoms with Crippen LogP contribution in [0.1, 0.15) is 36.6 Å². The molecule has 2 unspecified atom stereocenters. The summed E-state index contributed by atoms with van der Waals surface area (Å²) in [5, 5.41) is 0. The van der Waals surface area contributed by atoms with Crippen molar-refractivity contribution in [2.75, 3.05) is 9.21 Å². The van der Waals surface area contributed by atoms with Crippen LogP contribution < -0.4 is 9.21 Å². The van der Waals surface area contributed by atoms with Gasteiger partial charge >= 0.3 is 0 Å². The number of carbonyl (C=O) groups excluding carboxylic acids is 1. The van der Waals surface area contributed by atoms with Gasteiger partial charge in [0.25, 0.3) is 10.0 Å². The maximum Gasteiger partial charge on any atom is 0.265 e. The molecule has 1 amide bonds. The number of hydrogen-bond donors (Lipinski definition) is 0. The van der Waals surface area contributed by atoms with Gasteiger partial charge in [-0.05, 0) is 41.8 Å². The highest BCUT2D eigenvalue weighted by Gasteiger charge is 2.48. The molecule has 3 aromatic carbocycles. The molecule has 0 aliphatic carbocycles. The molecule has 5 rings (SSSR count). The molecule has 0 N–H and O–H groups in total. The van der Waals surface area contributed by atoms with E-state index in [-0.39, 0.29) is 18.0 Å². The molecule has 5 nitrogen and oxygen atoms in total. The van der Waals surface area contributed by atoms with Crippen LogP contribution in [0.2, 0.25) is 0 Å². The summed E-state index contributed by atoms with van der Waals surface area (Å²) < 4.78 is 28.1. The van der Waals surface area contributed by atoms with Gasteiger partial charge in [-0.15, -0.1) is 0 Å². The second kappa shape index (κ2) is 6.46. The Kier molecular flexibility index (Phi) is 3.99. The minimum absolute atomic E-state index is 0.0707. The summed E-state index contributed by atoms with van der Waals surface area (Å²) in [6.45, 7) is 1.56. The monoisotopic (exact) mass is 404 g/mol. The fraction of sp³-hybridized carbons (Fsp3) is 0.174. The molecule has 0 saturated carbocycles. The van der Waals surface area contributed by atoms with E-state index in [9.17, 15) is 13.2 Å². The topological polar surface area (TPSA) is 57.7 Å². The van der Waals surface area contributed by atoms with Crippen LogP contribution in [-0.2, 0) is 14.8 Å². The summed E-state index contributed by atoms with van der Waals surface area (Å²) in [5.41, 5.74) is 3.09. The summed E-state index contributed by atoms with van der Waals surface area (Å²) in [6, 6.07) is 23.6. The third-order valence-corrected chi connectivity index (χ3v) is 7.66. The normalized spacial score (nSPS) is 21.1. The first kappa shape index (κ1) is 17.9. The van der Waals surface area contributed by atoms with Crippen molar-refractivity contribution in [3.8, 4) is 0 Å². The van der Waals surface area contributed by atoms with E-state index in [0.717, 1.165) is 16.8 Å². The van der Waals surface area contributed by atoms with Gasteiger partial charge in [-0.2, -0.15) is 0 Å². The van der Waals surface area contributed by atoms with Crippen LogP contribution in [0.4, 0.5) is 11.4 Å². The molecule has 6 heteroatoms. The maximum absolute atomic E-state index is 13.3. The lowest BCUT2D eigenvalue weighted by Crippen LogP contribution is -2.41. The van der Waals surface area contributed by atoms with Gasteiger partial charge in [0, 0.05) is 12.6 Å². The zero-order valence-electron chi connectivity index (χ0n) is 15.9. The predicted molar refractivity (Wildman–Crippen MR) is 112 cm³/mol. The van der Waals surface area contributed by atoms with Gasteiger partial charge in [-0.1, -0.05) is 54.6 Å². The molecule has 3 aromatic rings. The maximum atomic E-state index is 13.3. The molecule has 29 heavy (non-hydrogen) atoms. The molecular weight excluding hydrogens is 384 g/mol. The summed E-state index contributed by atoms with van der Waals surface area (Å²) in [7, 11) is -3.62. The zero-order valence-corrected chi connectivity index (χ0v) is 16.7. The SMILES string of the molecule is CC(=O)N(c1ccccc1)C1CC2c3ccccc3S(=O)(=O)N2c2ccccc21. The van der Waals surface area contributed by atoms with E-state index in [1.54, 1.807) is 24.0 Å². The molecule has 0 aromatic heterocycles. The summed E-state index contributed by atoms with van der Waals surface area (Å²) >= 11 is 0. The van der Waals surface area contributed by atoms with Crippen molar-refractivity contribution in [3.05, 3.63) is 90.0 Å². The first-order valence-electron chi connectivity index (χ1n) is 9.57. The highest BCUT2D eigenvalue weighted by atomic mass is 32.2. The number of amides is 1. The second-order valence-electron chi connectivity index (χ2n) is 7.39. The van der Waals surface area contributed by atoms with E-state index in [0.29, 0.717) is 17.0 Å². The van der Waals surface area contributed by atoms with Crippen LogP contribution in [0.15, 0.2) is 83.8 Å². The number of rotatable bonds is 2. The Morgan fingerprint density at radius 3 is 2.24 bits per heavy atom. The van der Waals surface area contributed by atoms with Gasteiger partial charge < -0.3 is 4.90 Å². The third kappa shape index (κ3) is 2.59. The lowest BCUT2D eigenvalue weighted by molar-refractivity contribution is -0.117. The fourth-order valence-corrected chi connectivity index (χ4v) is 6.56. The molecule has 2 heterocycles. The van der Waals surface area contributed by atoms with E-state index in [1.165, 1.54) is 4.31 Å². The number of anilines is 2. The van der Waals surface area contributed by atoms with E-state index in [4.69, 9.17) is 0 Å². The Morgan fingerprint density at radius 1 is 0.897 bits per heavy atom. The molecule has 0 saturated heterocycles. The summed E-state index contributed by atoms with van der Waals surface area (Å²) in [4.78, 5) is 14.9. The zero-order chi connectivity index (χ0) is 20.2. The number of carbonyl (C=O) groups is 1. The number of hydrogen-bond acceptors (Lipinski definition) is 3. The molecule has 0 radical (unpaired) electrons. The quantitative estimate of drug-likeness (QED) is 0.635. The molecule has 2 aliphatic heterocycles. The molecule has 2 atom stereocenters. The highest BCUT2D eigenvalue weighted by molar-refractivity contribution is 7.93. The minimum Gasteiger partial charge on any atom is -0.305 e. The largest absolute Gasteiger partial charge is 0.305 e. The Morgan fingerprint density at radius 2 is 1.52 bits per heavy atom. The lowest BCUT2D eigenvalue weighted by Gasteiger charge is -2.41. The van der Waals surface area contributed by atoms with Crippen molar-refractivity contribution in [3.63, 3.8) is 0 Å². The average molecular weight is 404 g/mol. The highest BCUT2D eigenvalue weighted by Crippen LogP contribution is 2.53. The van der Waals surface area contributed by atoms with Gasteiger partial charge in [0.05, 0.1) is 22.7 Å². The Balaban J connectivity index is 1.73. The van der Waals surface area contributed by atoms with Crippen LogP contribution in [0.25, 0.3) is 0 Å². The van der Waals surface area contributed by atoms with Crippen molar-refractivity contribution < 1.29 is 13.2 Å². The van der Waals surface area contributed by atoms with E-state index in [2.05, 4.69) is 0 Å². The molecule has 0 fully saturated rings. The number of sulfonamides is 1. The van der Waals surface area contributed by atoms with Gasteiger partial charge in [0.1, 0.15) is 0 Å². The fourth-order valence-electron chi connectivity index (χ4n) is 4.63. The minimum atomic E-state index is -3.62. The third-order valence-electron chi connectivity index (χ3n) is 5.76. The van der Waals surface area contributed by atoms with Crippen LogP contribution in [0, 0.1) is 0 Å². The lowest BCUT2D eigenvalue weighted by atomic mass is 9.88. The number of benzene rings is 3.